The van der Waals surface area contributed by atoms with Crippen molar-refractivity contribution in [3.05, 3.63) is 66.5 Å². The van der Waals surface area contributed by atoms with Gasteiger partial charge in [0.1, 0.15) is 5.75 Å². The van der Waals surface area contributed by atoms with Gasteiger partial charge in [0.05, 0.1) is 11.9 Å². The van der Waals surface area contributed by atoms with E-state index in [2.05, 4.69) is 15.3 Å². The Morgan fingerprint density at radius 1 is 1.09 bits per heavy atom. The van der Waals surface area contributed by atoms with E-state index < -0.39 is 5.91 Å². The van der Waals surface area contributed by atoms with Gasteiger partial charge >= 0.3 is 0 Å². The highest BCUT2D eigenvalue weighted by molar-refractivity contribution is 6.05. The number of nitrogens with zero attached hydrogens (tertiary/aromatic N) is 2. The maximum atomic E-state index is 12.3. The van der Waals surface area contributed by atoms with Crippen LogP contribution in [-0.2, 0) is 0 Å². The quantitative estimate of drug-likeness (QED) is 0.689. The third-order valence-corrected chi connectivity index (χ3v) is 3.21. The third-order valence-electron chi connectivity index (χ3n) is 3.21. The van der Waals surface area contributed by atoms with E-state index in [-0.39, 0.29) is 20.1 Å². The van der Waals surface area contributed by atoms with Crippen LogP contribution in [0.15, 0.2) is 60.8 Å². The average Bonchev–Trinajstić information content (AvgIpc) is 2.57. The van der Waals surface area contributed by atoms with Crippen molar-refractivity contribution in [1.82, 2.24) is 9.97 Å². The maximum absolute atomic E-state index is 12.3. The van der Waals surface area contributed by atoms with Crippen molar-refractivity contribution in [2.75, 3.05) is 11.1 Å². The number of phenolic OH excluding ortho intramolecular Hbond substituents is 1. The van der Waals surface area contributed by atoms with Crippen molar-refractivity contribution in [3.63, 3.8) is 0 Å². The summed E-state index contributed by atoms with van der Waals surface area (Å²) < 4.78 is 0. The van der Waals surface area contributed by atoms with E-state index in [1.165, 1.54) is 18.3 Å². The Morgan fingerprint density at radius 2 is 1.78 bits per heavy atom. The molecule has 2 aromatic carbocycles. The van der Waals surface area contributed by atoms with Crippen LogP contribution < -0.4 is 11.1 Å². The molecule has 6 heteroatoms. The van der Waals surface area contributed by atoms with E-state index in [0.717, 1.165) is 5.56 Å². The van der Waals surface area contributed by atoms with Gasteiger partial charge in [-0.2, -0.15) is 0 Å². The van der Waals surface area contributed by atoms with Gasteiger partial charge in [-0.15, -0.1) is 0 Å². The molecule has 0 aliphatic rings. The average molecular weight is 310 g/mol. The molecule has 0 unspecified atom stereocenters. The minimum atomic E-state index is -0.429. The molecule has 0 saturated carbocycles. The smallest absolute Gasteiger partial charge is 0.278 e. The number of nitrogen functional groups attached to an aromatic ring is 1. The van der Waals surface area contributed by atoms with Gasteiger partial charge in [-0.1, -0.05) is 18.2 Å². The minimum Gasteiger partial charge on any atom is -0.508 e. The lowest BCUT2D eigenvalue weighted by atomic mass is 10.1. The zero-order valence-corrected chi connectivity index (χ0v) is 12.1. The predicted molar refractivity (Wildman–Crippen MR) is 92.2 cm³/mol. The summed E-state index contributed by atoms with van der Waals surface area (Å²) in [6, 6.07) is 15.5. The van der Waals surface area contributed by atoms with Gasteiger partial charge in [-0.25, -0.2) is 9.97 Å². The number of rotatable bonds is 3. The summed E-state index contributed by atoms with van der Waals surface area (Å²) in [4.78, 5) is 20.7. The SMILES string of the molecule is Nc1ncc(-c2ccc(O)cc2)nc1C(=O)Nc1ccccc1.[HH].[HH]. The summed E-state index contributed by atoms with van der Waals surface area (Å²) >= 11 is 0. The van der Waals surface area contributed by atoms with Crippen LogP contribution in [0.25, 0.3) is 11.3 Å². The second-order valence-corrected chi connectivity index (χ2v) is 4.86. The third kappa shape index (κ3) is 3.26. The van der Waals surface area contributed by atoms with Gasteiger partial charge in [0, 0.05) is 14.1 Å². The van der Waals surface area contributed by atoms with Gasteiger partial charge in [-0.05, 0) is 36.4 Å². The molecule has 1 amide bonds. The molecule has 0 atom stereocenters. The molecule has 3 rings (SSSR count). The van der Waals surface area contributed by atoms with Crippen LogP contribution in [0.1, 0.15) is 13.3 Å². The van der Waals surface area contributed by atoms with Crippen molar-refractivity contribution in [2.45, 2.75) is 0 Å². The predicted octanol–water partition coefficient (Wildman–Crippen LogP) is 3.18. The van der Waals surface area contributed by atoms with Gasteiger partial charge in [0.15, 0.2) is 11.5 Å². The Labute approximate surface area is 135 Å². The fraction of sp³-hybridized carbons (Fsp3) is 0. The van der Waals surface area contributed by atoms with Crippen LogP contribution in [0.3, 0.4) is 0 Å². The van der Waals surface area contributed by atoms with Crippen molar-refractivity contribution >= 4 is 17.4 Å². The van der Waals surface area contributed by atoms with Gasteiger partial charge in [-0.3, -0.25) is 4.79 Å². The number of nitrogens with one attached hydrogen (secondary N) is 1. The molecule has 0 aliphatic carbocycles. The second kappa shape index (κ2) is 6.15. The molecule has 0 aliphatic heterocycles. The zero-order chi connectivity index (χ0) is 16.2. The molecule has 0 fully saturated rings. The van der Waals surface area contributed by atoms with Crippen molar-refractivity contribution in [1.29, 1.82) is 0 Å². The van der Waals surface area contributed by atoms with Gasteiger partial charge in [0.2, 0.25) is 0 Å². The Morgan fingerprint density at radius 3 is 2.48 bits per heavy atom. The molecule has 118 valence electrons. The molecular formula is C17H18N4O2. The lowest BCUT2D eigenvalue weighted by molar-refractivity contribution is 0.102. The summed E-state index contributed by atoms with van der Waals surface area (Å²) in [6.07, 6.45) is 1.49. The zero-order valence-electron chi connectivity index (χ0n) is 12.1. The number of para-hydroxylation sites is 1. The Bertz CT molecular complexity index is 843. The first-order valence-electron chi connectivity index (χ1n) is 6.92. The molecule has 0 bridgehead atoms. The first-order chi connectivity index (χ1) is 11.1. The molecule has 23 heavy (non-hydrogen) atoms. The molecule has 6 nitrogen and oxygen atoms in total. The number of amides is 1. The maximum Gasteiger partial charge on any atom is 0.278 e. The molecule has 0 radical (unpaired) electrons. The first-order valence-corrected chi connectivity index (χ1v) is 6.92. The number of carbonyl (C=O) groups excluding carboxylic acids is 1. The lowest BCUT2D eigenvalue weighted by Crippen LogP contribution is -2.17. The van der Waals surface area contributed by atoms with Crippen LogP contribution >= 0.6 is 0 Å². The van der Waals surface area contributed by atoms with Gasteiger partial charge < -0.3 is 16.2 Å². The van der Waals surface area contributed by atoms with Crippen LogP contribution in [-0.4, -0.2) is 21.0 Å². The second-order valence-electron chi connectivity index (χ2n) is 4.86. The van der Waals surface area contributed by atoms with Crippen LogP contribution in [0.4, 0.5) is 11.5 Å². The van der Waals surface area contributed by atoms with E-state index in [9.17, 15) is 9.90 Å². The fourth-order valence-corrected chi connectivity index (χ4v) is 2.05. The Hall–Kier alpha value is -3.41. The van der Waals surface area contributed by atoms with E-state index in [4.69, 9.17) is 5.73 Å². The number of anilines is 2. The highest BCUT2D eigenvalue weighted by atomic mass is 16.3. The summed E-state index contributed by atoms with van der Waals surface area (Å²) in [5.41, 5.74) is 7.70. The number of hydrogen-bond acceptors (Lipinski definition) is 5. The van der Waals surface area contributed by atoms with Crippen LogP contribution in [0.5, 0.6) is 5.75 Å². The summed E-state index contributed by atoms with van der Waals surface area (Å²) in [5, 5.41) is 12.1. The number of phenols is 1. The highest BCUT2D eigenvalue weighted by Gasteiger charge is 2.15. The van der Waals surface area contributed by atoms with Gasteiger partial charge in [0.25, 0.3) is 5.91 Å². The van der Waals surface area contributed by atoms with E-state index in [1.54, 1.807) is 24.3 Å². The number of benzene rings is 2. The van der Waals surface area contributed by atoms with Crippen molar-refractivity contribution < 1.29 is 12.8 Å². The molecule has 0 spiro atoms. The topological polar surface area (TPSA) is 101 Å². The molecule has 1 heterocycles. The van der Waals surface area contributed by atoms with Crippen LogP contribution in [0.2, 0.25) is 0 Å². The lowest BCUT2D eigenvalue weighted by Gasteiger charge is -2.08. The van der Waals surface area contributed by atoms with E-state index >= 15 is 0 Å². The molecule has 3 aromatic rings. The largest absolute Gasteiger partial charge is 0.508 e. The molecular weight excluding hydrogens is 292 g/mol. The van der Waals surface area contributed by atoms with Crippen LogP contribution in [0, 0.1) is 0 Å². The minimum absolute atomic E-state index is 0. The fourth-order valence-electron chi connectivity index (χ4n) is 2.05. The summed E-state index contributed by atoms with van der Waals surface area (Å²) in [6.45, 7) is 0. The van der Waals surface area contributed by atoms with E-state index in [0.29, 0.717) is 11.4 Å². The first kappa shape index (κ1) is 14.5. The standard InChI is InChI=1S/C17H14N4O2.2H2/c18-16-15(17(23)20-12-4-2-1-3-5-12)21-14(10-19-16)11-6-8-13(22)9-7-11;;/h1-10,22H,(H2,18,19)(H,20,23);2*1H. The number of aromatic nitrogens is 2. The number of hydrogen-bond donors (Lipinski definition) is 3. The van der Waals surface area contributed by atoms with E-state index in [1.807, 2.05) is 18.2 Å². The molecule has 1 aromatic heterocycles. The number of nitrogens with two attached hydrogens (primary N) is 1. The number of carbonyl (C=O) groups is 1. The highest BCUT2D eigenvalue weighted by Crippen LogP contribution is 2.21. The summed E-state index contributed by atoms with van der Waals surface area (Å²) in [5.74, 6) is -0.220. The number of aromatic hydroxyl groups is 1. The monoisotopic (exact) mass is 310 g/mol. The van der Waals surface area contributed by atoms with Crippen molar-refractivity contribution in [3.8, 4) is 17.0 Å². The Balaban J connectivity index is 0.00000156. The molecule has 0 saturated heterocycles. The normalized spacial score (nSPS) is 10.3. The Kier molecular flexibility index (Phi) is 3.88. The van der Waals surface area contributed by atoms with Crippen molar-refractivity contribution in [2.24, 2.45) is 0 Å². The molecule has 4 N–H and O–H groups in total. The summed E-state index contributed by atoms with van der Waals surface area (Å²) in [7, 11) is 0.